The number of anilines is 1. The molecule has 1 N–H and O–H groups in total. The average molecular weight is 223 g/mol. The summed E-state index contributed by atoms with van der Waals surface area (Å²) < 4.78 is 4.71. The zero-order valence-electron chi connectivity index (χ0n) is 10.1. The predicted octanol–water partition coefficient (Wildman–Crippen LogP) is 1.36. The minimum Gasteiger partial charge on any atom is -0.375 e. The lowest BCUT2D eigenvalue weighted by Gasteiger charge is -2.17. The van der Waals surface area contributed by atoms with E-state index in [1.165, 1.54) is 7.11 Å². The van der Waals surface area contributed by atoms with Crippen molar-refractivity contribution < 1.29 is 9.53 Å². The number of methoxy groups -OCH3 is 1. The van der Waals surface area contributed by atoms with E-state index in [1.54, 1.807) is 6.20 Å². The maximum atomic E-state index is 11.3. The molecule has 0 aliphatic carbocycles. The van der Waals surface area contributed by atoms with E-state index in [2.05, 4.69) is 36.1 Å². The van der Waals surface area contributed by atoms with Crippen LogP contribution in [0.3, 0.4) is 0 Å². The minimum absolute atomic E-state index is 0.00308. The van der Waals surface area contributed by atoms with Gasteiger partial charge in [0.1, 0.15) is 6.61 Å². The van der Waals surface area contributed by atoms with Gasteiger partial charge in [-0.1, -0.05) is 20.8 Å². The van der Waals surface area contributed by atoms with Crippen molar-refractivity contribution in [2.45, 2.75) is 26.2 Å². The fourth-order valence-corrected chi connectivity index (χ4v) is 1.13. The molecular formula is C11H17N3O2. The molecule has 0 radical (unpaired) electrons. The molecule has 1 heterocycles. The van der Waals surface area contributed by atoms with Gasteiger partial charge in [0, 0.05) is 18.7 Å². The molecule has 1 aromatic heterocycles. The zero-order valence-corrected chi connectivity index (χ0v) is 10.1. The van der Waals surface area contributed by atoms with E-state index < -0.39 is 0 Å². The van der Waals surface area contributed by atoms with Crippen LogP contribution in [0.15, 0.2) is 12.3 Å². The highest BCUT2D eigenvalue weighted by molar-refractivity contribution is 5.89. The topological polar surface area (TPSA) is 64.1 Å². The van der Waals surface area contributed by atoms with Gasteiger partial charge in [-0.25, -0.2) is 9.97 Å². The SMILES string of the molecule is COCC(=O)Nc1nccc(C(C)(C)C)n1. The van der Waals surface area contributed by atoms with Crippen molar-refractivity contribution in [3.8, 4) is 0 Å². The van der Waals surface area contributed by atoms with Crippen LogP contribution in [0.1, 0.15) is 26.5 Å². The van der Waals surface area contributed by atoms with Crippen molar-refractivity contribution >= 4 is 11.9 Å². The number of carbonyl (C=O) groups is 1. The van der Waals surface area contributed by atoms with Gasteiger partial charge in [0.25, 0.3) is 5.91 Å². The summed E-state index contributed by atoms with van der Waals surface area (Å²) in [7, 11) is 1.46. The van der Waals surface area contributed by atoms with Crippen molar-refractivity contribution in [1.82, 2.24) is 9.97 Å². The predicted molar refractivity (Wildman–Crippen MR) is 61.2 cm³/mol. The normalized spacial score (nSPS) is 11.2. The summed E-state index contributed by atoms with van der Waals surface area (Å²) in [5, 5.41) is 2.57. The molecule has 0 aliphatic heterocycles. The lowest BCUT2D eigenvalue weighted by Crippen LogP contribution is -2.21. The van der Waals surface area contributed by atoms with Crippen LogP contribution >= 0.6 is 0 Å². The van der Waals surface area contributed by atoms with Crippen molar-refractivity contribution in [1.29, 1.82) is 0 Å². The Labute approximate surface area is 95.3 Å². The molecule has 0 unspecified atom stereocenters. The first-order valence-electron chi connectivity index (χ1n) is 5.06. The van der Waals surface area contributed by atoms with Gasteiger partial charge in [0.15, 0.2) is 0 Å². The number of hydrogen-bond donors (Lipinski definition) is 1. The van der Waals surface area contributed by atoms with Gasteiger partial charge in [-0.05, 0) is 6.07 Å². The summed E-state index contributed by atoms with van der Waals surface area (Å²) in [4.78, 5) is 19.5. The van der Waals surface area contributed by atoms with Gasteiger partial charge in [-0.2, -0.15) is 0 Å². The Morgan fingerprint density at radius 1 is 1.50 bits per heavy atom. The molecule has 16 heavy (non-hydrogen) atoms. The number of nitrogens with one attached hydrogen (secondary N) is 1. The second kappa shape index (κ2) is 5.03. The van der Waals surface area contributed by atoms with Crippen molar-refractivity contribution in [2.75, 3.05) is 19.0 Å². The molecule has 88 valence electrons. The zero-order chi connectivity index (χ0) is 12.2. The molecule has 1 aromatic rings. The van der Waals surface area contributed by atoms with E-state index in [0.717, 1.165) is 5.69 Å². The van der Waals surface area contributed by atoms with E-state index >= 15 is 0 Å². The maximum Gasteiger partial charge on any atom is 0.252 e. The van der Waals surface area contributed by atoms with Crippen LogP contribution in [0.25, 0.3) is 0 Å². The van der Waals surface area contributed by atoms with Crippen LogP contribution in [0, 0.1) is 0 Å². The second-order valence-electron chi connectivity index (χ2n) is 4.50. The van der Waals surface area contributed by atoms with Gasteiger partial charge in [0.05, 0.1) is 5.69 Å². The van der Waals surface area contributed by atoms with Crippen LogP contribution in [0.5, 0.6) is 0 Å². The first-order valence-corrected chi connectivity index (χ1v) is 5.06. The highest BCUT2D eigenvalue weighted by Gasteiger charge is 2.16. The van der Waals surface area contributed by atoms with Crippen molar-refractivity contribution in [3.05, 3.63) is 18.0 Å². The number of hydrogen-bond acceptors (Lipinski definition) is 4. The Bertz CT molecular complexity index is 372. The fraction of sp³-hybridized carbons (Fsp3) is 0.545. The summed E-state index contributed by atoms with van der Waals surface area (Å²) in [6.07, 6.45) is 1.63. The van der Waals surface area contributed by atoms with E-state index in [-0.39, 0.29) is 17.9 Å². The Hall–Kier alpha value is -1.49. The lowest BCUT2D eigenvalue weighted by atomic mass is 9.92. The Kier molecular flexibility index (Phi) is 3.95. The Morgan fingerprint density at radius 2 is 2.19 bits per heavy atom. The largest absolute Gasteiger partial charge is 0.375 e. The number of rotatable bonds is 3. The van der Waals surface area contributed by atoms with Crippen molar-refractivity contribution in [3.63, 3.8) is 0 Å². The van der Waals surface area contributed by atoms with Crippen LogP contribution in [-0.2, 0) is 14.9 Å². The van der Waals surface area contributed by atoms with Crippen LogP contribution in [-0.4, -0.2) is 29.6 Å². The standard InChI is InChI=1S/C11H17N3O2/c1-11(2,3)8-5-6-12-10(13-8)14-9(15)7-16-4/h5-6H,7H2,1-4H3,(H,12,13,14,15). The third-order valence-electron chi connectivity index (χ3n) is 1.95. The molecule has 0 saturated heterocycles. The van der Waals surface area contributed by atoms with Gasteiger partial charge in [0.2, 0.25) is 5.95 Å². The van der Waals surface area contributed by atoms with Gasteiger partial charge in [-0.3, -0.25) is 10.1 Å². The monoisotopic (exact) mass is 223 g/mol. The molecular weight excluding hydrogens is 206 g/mol. The van der Waals surface area contributed by atoms with Gasteiger partial charge < -0.3 is 4.74 Å². The van der Waals surface area contributed by atoms with E-state index in [0.29, 0.717) is 5.95 Å². The summed E-state index contributed by atoms with van der Waals surface area (Å²) in [6, 6.07) is 1.84. The molecule has 0 aliphatic rings. The summed E-state index contributed by atoms with van der Waals surface area (Å²) in [5.41, 5.74) is 0.819. The first-order chi connectivity index (χ1) is 7.43. The molecule has 0 saturated carbocycles. The number of amides is 1. The maximum absolute atomic E-state index is 11.3. The Morgan fingerprint density at radius 3 is 2.75 bits per heavy atom. The molecule has 1 amide bonds. The third kappa shape index (κ3) is 3.58. The summed E-state index contributed by atoms with van der Waals surface area (Å²) in [6.45, 7) is 6.16. The fourth-order valence-electron chi connectivity index (χ4n) is 1.13. The molecule has 0 aromatic carbocycles. The van der Waals surface area contributed by atoms with E-state index in [4.69, 9.17) is 4.74 Å². The number of aromatic nitrogens is 2. The van der Waals surface area contributed by atoms with Gasteiger partial charge in [-0.15, -0.1) is 0 Å². The molecule has 1 rings (SSSR count). The molecule has 5 nitrogen and oxygen atoms in total. The smallest absolute Gasteiger partial charge is 0.252 e. The average Bonchev–Trinajstić information content (AvgIpc) is 2.17. The van der Waals surface area contributed by atoms with Crippen LogP contribution < -0.4 is 5.32 Å². The molecule has 0 fully saturated rings. The molecule has 0 bridgehead atoms. The van der Waals surface area contributed by atoms with Gasteiger partial charge >= 0.3 is 0 Å². The van der Waals surface area contributed by atoms with E-state index in [9.17, 15) is 4.79 Å². The van der Waals surface area contributed by atoms with Crippen molar-refractivity contribution in [2.24, 2.45) is 0 Å². The third-order valence-corrected chi connectivity index (χ3v) is 1.95. The quantitative estimate of drug-likeness (QED) is 0.840. The van der Waals surface area contributed by atoms with Crippen LogP contribution in [0.2, 0.25) is 0 Å². The number of carbonyl (C=O) groups excluding carboxylic acids is 1. The lowest BCUT2D eigenvalue weighted by molar-refractivity contribution is -0.119. The summed E-state index contributed by atoms with van der Waals surface area (Å²) >= 11 is 0. The minimum atomic E-state index is -0.256. The Balaban J connectivity index is 2.79. The van der Waals surface area contributed by atoms with Crippen LogP contribution in [0.4, 0.5) is 5.95 Å². The van der Waals surface area contributed by atoms with E-state index in [1.807, 2.05) is 6.07 Å². The molecule has 0 atom stereocenters. The molecule has 0 spiro atoms. The molecule has 5 heteroatoms. The number of nitrogens with zero attached hydrogens (tertiary/aromatic N) is 2. The number of ether oxygens (including phenoxy) is 1. The first kappa shape index (κ1) is 12.6. The highest BCUT2D eigenvalue weighted by Crippen LogP contribution is 2.19. The highest BCUT2D eigenvalue weighted by atomic mass is 16.5. The second-order valence-corrected chi connectivity index (χ2v) is 4.50. The summed E-state index contributed by atoms with van der Waals surface area (Å²) in [5.74, 6) is 0.0584.